The Hall–Kier alpha value is -2.60. The summed E-state index contributed by atoms with van der Waals surface area (Å²) >= 11 is 5.87. The summed E-state index contributed by atoms with van der Waals surface area (Å²) in [7, 11) is 0. The fourth-order valence-corrected chi connectivity index (χ4v) is 3.36. The molecular weight excluding hydrogens is 369 g/mol. The minimum atomic E-state index is -0.709. The van der Waals surface area contributed by atoms with Gasteiger partial charge < -0.3 is 15.1 Å². The topological polar surface area (TPSA) is 52.6 Å². The van der Waals surface area contributed by atoms with E-state index in [1.807, 2.05) is 19.1 Å². The van der Waals surface area contributed by atoms with Gasteiger partial charge in [-0.3, -0.25) is 9.59 Å². The third-order valence-corrected chi connectivity index (χ3v) is 4.90. The second-order valence-electron chi connectivity index (χ2n) is 6.49. The van der Waals surface area contributed by atoms with Crippen molar-refractivity contribution in [3.8, 4) is 0 Å². The summed E-state index contributed by atoms with van der Waals surface area (Å²) in [5.41, 5.74) is 2.10. The van der Waals surface area contributed by atoms with Crippen molar-refractivity contribution >= 4 is 29.1 Å². The van der Waals surface area contributed by atoms with Crippen LogP contribution >= 0.6 is 11.6 Å². The minimum Gasteiger partial charge on any atom is -0.368 e. The standard InChI is InChI=1S/C20H21ClFN3O2/c1-14-4-2-5-15(12-14)24-8-10-25(11-9-24)18(26)13-23-20(27)19-16(21)6-3-7-17(19)22/h2-7,12H,8-11,13H2,1H3,(H,23,27). The molecule has 3 rings (SSSR count). The van der Waals surface area contributed by atoms with Crippen LogP contribution < -0.4 is 10.2 Å². The second-order valence-corrected chi connectivity index (χ2v) is 6.89. The lowest BCUT2D eigenvalue weighted by Crippen LogP contribution is -2.51. The molecule has 1 fully saturated rings. The lowest BCUT2D eigenvalue weighted by molar-refractivity contribution is -0.130. The number of nitrogens with one attached hydrogen (secondary N) is 1. The van der Waals surface area contributed by atoms with Crippen molar-refractivity contribution in [2.75, 3.05) is 37.6 Å². The number of anilines is 1. The lowest BCUT2D eigenvalue weighted by atomic mass is 10.2. The third kappa shape index (κ3) is 4.57. The van der Waals surface area contributed by atoms with Crippen molar-refractivity contribution in [3.63, 3.8) is 0 Å². The molecule has 2 aromatic carbocycles. The number of piperazine rings is 1. The van der Waals surface area contributed by atoms with Gasteiger partial charge in [-0.15, -0.1) is 0 Å². The number of hydrogen-bond donors (Lipinski definition) is 1. The monoisotopic (exact) mass is 389 g/mol. The van der Waals surface area contributed by atoms with E-state index in [1.54, 1.807) is 4.90 Å². The van der Waals surface area contributed by atoms with Gasteiger partial charge in [0.05, 0.1) is 17.1 Å². The van der Waals surface area contributed by atoms with Crippen LogP contribution in [0.25, 0.3) is 0 Å². The van der Waals surface area contributed by atoms with E-state index < -0.39 is 11.7 Å². The van der Waals surface area contributed by atoms with E-state index in [2.05, 4.69) is 22.3 Å². The van der Waals surface area contributed by atoms with Gasteiger partial charge in [0.2, 0.25) is 5.91 Å². The van der Waals surface area contributed by atoms with Crippen LogP contribution in [0.2, 0.25) is 5.02 Å². The largest absolute Gasteiger partial charge is 0.368 e. The van der Waals surface area contributed by atoms with Crippen LogP contribution in [0, 0.1) is 12.7 Å². The van der Waals surface area contributed by atoms with Crippen LogP contribution in [0.3, 0.4) is 0 Å². The van der Waals surface area contributed by atoms with E-state index in [4.69, 9.17) is 11.6 Å². The maximum absolute atomic E-state index is 13.8. The molecule has 2 amide bonds. The van der Waals surface area contributed by atoms with Gasteiger partial charge in [0, 0.05) is 31.9 Å². The summed E-state index contributed by atoms with van der Waals surface area (Å²) in [6, 6.07) is 12.3. The first-order valence-corrected chi connectivity index (χ1v) is 9.15. The molecule has 142 valence electrons. The fourth-order valence-electron chi connectivity index (χ4n) is 3.11. The van der Waals surface area contributed by atoms with Crippen LogP contribution in [-0.4, -0.2) is 49.4 Å². The first-order chi connectivity index (χ1) is 13.0. The van der Waals surface area contributed by atoms with Crippen molar-refractivity contribution in [3.05, 3.63) is 64.4 Å². The predicted octanol–water partition coefficient (Wildman–Crippen LogP) is 2.87. The Labute approximate surface area is 162 Å². The highest BCUT2D eigenvalue weighted by Gasteiger charge is 2.22. The molecule has 1 aliphatic rings. The number of amides is 2. The number of carbonyl (C=O) groups excluding carboxylic acids is 2. The molecule has 0 spiro atoms. The zero-order chi connectivity index (χ0) is 19.4. The molecule has 27 heavy (non-hydrogen) atoms. The Balaban J connectivity index is 1.52. The minimum absolute atomic E-state index is 0.0201. The summed E-state index contributed by atoms with van der Waals surface area (Å²) in [4.78, 5) is 28.4. The van der Waals surface area contributed by atoms with Crippen molar-refractivity contribution in [1.29, 1.82) is 0 Å². The van der Waals surface area contributed by atoms with Crippen molar-refractivity contribution in [1.82, 2.24) is 10.2 Å². The molecule has 7 heteroatoms. The summed E-state index contributed by atoms with van der Waals surface area (Å²) < 4.78 is 13.8. The van der Waals surface area contributed by atoms with E-state index in [0.717, 1.165) is 24.8 Å². The Morgan fingerprint density at radius 1 is 1.11 bits per heavy atom. The molecule has 1 aliphatic heterocycles. The third-order valence-electron chi connectivity index (χ3n) is 4.59. The highest BCUT2D eigenvalue weighted by Crippen LogP contribution is 2.19. The first kappa shape index (κ1) is 19.2. The molecule has 1 heterocycles. The van der Waals surface area contributed by atoms with Crippen LogP contribution in [0.15, 0.2) is 42.5 Å². The number of halogens is 2. The smallest absolute Gasteiger partial charge is 0.256 e. The SMILES string of the molecule is Cc1cccc(N2CCN(C(=O)CNC(=O)c3c(F)cccc3Cl)CC2)c1. The van der Waals surface area contributed by atoms with Crippen molar-refractivity contribution < 1.29 is 14.0 Å². The van der Waals surface area contributed by atoms with Crippen LogP contribution in [0.1, 0.15) is 15.9 Å². The second kappa shape index (κ2) is 8.39. The number of hydrogen-bond acceptors (Lipinski definition) is 3. The molecule has 0 atom stereocenters. The highest BCUT2D eigenvalue weighted by atomic mass is 35.5. The molecular formula is C20H21ClFN3O2. The Kier molecular flexibility index (Phi) is 5.96. The van der Waals surface area contributed by atoms with E-state index in [-0.39, 0.29) is 23.0 Å². The fraction of sp³-hybridized carbons (Fsp3) is 0.300. The maximum Gasteiger partial charge on any atom is 0.256 e. The molecule has 2 aromatic rings. The quantitative estimate of drug-likeness (QED) is 0.874. The van der Waals surface area contributed by atoms with Gasteiger partial charge in [-0.25, -0.2) is 4.39 Å². The zero-order valence-electron chi connectivity index (χ0n) is 15.0. The molecule has 0 saturated carbocycles. The lowest BCUT2D eigenvalue weighted by Gasteiger charge is -2.36. The molecule has 0 radical (unpaired) electrons. The normalized spacial score (nSPS) is 14.2. The van der Waals surface area contributed by atoms with Crippen molar-refractivity contribution in [2.45, 2.75) is 6.92 Å². The van der Waals surface area contributed by atoms with Gasteiger partial charge in [-0.1, -0.05) is 29.8 Å². The molecule has 0 aliphatic carbocycles. The van der Waals surface area contributed by atoms with Gasteiger partial charge in [-0.2, -0.15) is 0 Å². The molecule has 0 bridgehead atoms. The van der Waals surface area contributed by atoms with Crippen LogP contribution in [-0.2, 0) is 4.79 Å². The average molecular weight is 390 g/mol. The van der Waals surface area contributed by atoms with Crippen LogP contribution in [0.4, 0.5) is 10.1 Å². The number of benzene rings is 2. The maximum atomic E-state index is 13.8. The number of rotatable bonds is 4. The highest BCUT2D eigenvalue weighted by molar-refractivity contribution is 6.33. The molecule has 0 unspecified atom stereocenters. The Morgan fingerprint density at radius 3 is 2.48 bits per heavy atom. The van der Waals surface area contributed by atoms with Gasteiger partial charge in [0.25, 0.3) is 5.91 Å². The Morgan fingerprint density at radius 2 is 1.81 bits per heavy atom. The van der Waals surface area contributed by atoms with Gasteiger partial charge in [-0.05, 0) is 36.8 Å². The zero-order valence-corrected chi connectivity index (χ0v) is 15.8. The average Bonchev–Trinajstić information content (AvgIpc) is 2.66. The van der Waals surface area contributed by atoms with Gasteiger partial charge >= 0.3 is 0 Å². The van der Waals surface area contributed by atoms with Gasteiger partial charge in [0.1, 0.15) is 5.82 Å². The number of carbonyl (C=O) groups is 2. The van der Waals surface area contributed by atoms with E-state index >= 15 is 0 Å². The summed E-state index contributed by atoms with van der Waals surface area (Å²) in [6.45, 7) is 4.46. The molecule has 5 nitrogen and oxygen atoms in total. The van der Waals surface area contributed by atoms with E-state index in [9.17, 15) is 14.0 Å². The number of nitrogens with zero attached hydrogens (tertiary/aromatic N) is 2. The van der Waals surface area contributed by atoms with Crippen LogP contribution in [0.5, 0.6) is 0 Å². The van der Waals surface area contributed by atoms with Gasteiger partial charge in [0.15, 0.2) is 0 Å². The predicted molar refractivity (Wildman–Crippen MR) is 104 cm³/mol. The first-order valence-electron chi connectivity index (χ1n) is 8.77. The van der Waals surface area contributed by atoms with E-state index in [1.165, 1.54) is 17.7 Å². The Bertz CT molecular complexity index is 831. The summed E-state index contributed by atoms with van der Waals surface area (Å²) in [5, 5.41) is 2.48. The van der Waals surface area contributed by atoms with E-state index in [0.29, 0.717) is 13.1 Å². The molecule has 0 aromatic heterocycles. The van der Waals surface area contributed by atoms with Crippen molar-refractivity contribution in [2.24, 2.45) is 0 Å². The number of aryl methyl sites for hydroxylation is 1. The summed E-state index contributed by atoms with van der Waals surface area (Å²) in [6.07, 6.45) is 0. The molecule has 1 N–H and O–H groups in total. The molecule has 1 saturated heterocycles. The summed E-state index contributed by atoms with van der Waals surface area (Å²) in [5.74, 6) is -1.59.